The second-order valence-corrected chi connectivity index (χ2v) is 5.89. The molecule has 0 bridgehead atoms. The van der Waals surface area contributed by atoms with E-state index in [0.717, 1.165) is 40.8 Å². The van der Waals surface area contributed by atoms with E-state index in [1.807, 2.05) is 17.9 Å². The first kappa shape index (κ1) is 13.5. The van der Waals surface area contributed by atoms with E-state index in [9.17, 15) is 5.11 Å². The van der Waals surface area contributed by atoms with Crippen molar-refractivity contribution in [3.63, 3.8) is 0 Å². The Kier molecular flexibility index (Phi) is 4.68. The van der Waals surface area contributed by atoms with Crippen molar-refractivity contribution in [2.75, 3.05) is 11.9 Å². The topological polar surface area (TPSA) is 49.2 Å². The summed E-state index contributed by atoms with van der Waals surface area (Å²) < 4.78 is 0. The fourth-order valence-corrected chi connectivity index (χ4v) is 3.19. The number of anilines is 1. The summed E-state index contributed by atoms with van der Waals surface area (Å²) in [5.41, 5.74) is 3.93. The van der Waals surface area contributed by atoms with Gasteiger partial charge in [0.1, 0.15) is 0 Å². The number of hydrogen-bond donors (Lipinski definition) is 1. The Balaban J connectivity index is 2.12. The number of aryl methyl sites for hydroxylation is 1. The summed E-state index contributed by atoms with van der Waals surface area (Å²) in [7, 11) is 2.01. The van der Waals surface area contributed by atoms with Crippen molar-refractivity contribution < 1.29 is 5.11 Å². The molecule has 0 unspecified atom stereocenters. The lowest BCUT2D eigenvalue weighted by Gasteiger charge is -2.13. The molecule has 0 spiro atoms. The summed E-state index contributed by atoms with van der Waals surface area (Å²) in [5, 5.41) is 12.3. The van der Waals surface area contributed by atoms with Crippen molar-refractivity contribution in [2.45, 2.75) is 32.9 Å². The van der Waals surface area contributed by atoms with Crippen LogP contribution < -0.4 is 4.90 Å². The molecule has 0 aromatic carbocycles. The fraction of sp³-hybridized carbons (Fsp3) is 0.500. The van der Waals surface area contributed by atoms with Crippen molar-refractivity contribution in [1.29, 1.82) is 0 Å². The van der Waals surface area contributed by atoms with Crippen LogP contribution >= 0.6 is 22.7 Å². The molecule has 0 fully saturated rings. The normalized spacial score (nSPS) is 10.8. The molecule has 98 valence electrons. The second kappa shape index (κ2) is 6.26. The van der Waals surface area contributed by atoms with Gasteiger partial charge < -0.3 is 10.0 Å². The number of hydrogen-bond acceptors (Lipinski definition) is 6. The van der Waals surface area contributed by atoms with Gasteiger partial charge in [-0.1, -0.05) is 24.7 Å². The first-order valence-corrected chi connectivity index (χ1v) is 7.68. The molecular formula is C12H17N3OS2. The molecule has 0 aliphatic carbocycles. The second-order valence-electron chi connectivity index (χ2n) is 4.11. The van der Waals surface area contributed by atoms with Crippen LogP contribution in [0.15, 0.2) is 10.9 Å². The quantitative estimate of drug-likeness (QED) is 0.885. The van der Waals surface area contributed by atoms with Gasteiger partial charge in [-0.3, -0.25) is 0 Å². The highest BCUT2D eigenvalue weighted by atomic mass is 32.1. The minimum absolute atomic E-state index is 0.0809. The van der Waals surface area contributed by atoms with Gasteiger partial charge in [-0.2, -0.15) is 0 Å². The van der Waals surface area contributed by atoms with Crippen LogP contribution in [0.4, 0.5) is 5.13 Å². The van der Waals surface area contributed by atoms with Gasteiger partial charge in [-0.25, -0.2) is 9.97 Å². The SMILES string of the molecule is CCCc1nc(N(C)Cc2cscn2)sc1CO. The summed E-state index contributed by atoms with van der Waals surface area (Å²) in [6, 6.07) is 0. The van der Waals surface area contributed by atoms with E-state index in [1.165, 1.54) is 0 Å². The van der Waals surface area contributed by atoms with Gasteiger partial charge in [0.05, 0.1) is 34.9 Å². The van der Waals surface area contributed by atoms with E-state index in [1.54, 1.807) is 22.7 Å². The van der Waals surface area contributed by atoms with Crippen molar-refractivity contribution in [3.05, 3.63) is 27.2 Å². The van der Waals surface area contributed by atoms with Crippen molar-refractivity contribution in [2.24, 2.45) is 0 Å². The van der Waals surface area contributed by atoms with Crippen molar-refractivity contribution in [1.82, 2.24) is 9.97 Å². The van der Waals surface area contributed by atoms with Crippen molar-refractivity contribution >= 4 is 27.8 Å². The number of thiazole rings is 2. The maximum atomic E-state index is 9.34. The van der Waals surface area contributed by atoms with E-state index in [4.69, 9.17) is 0 Å². The third-order valence-corrected chi connectivity index (χ3v) is 4.44. The zero-order valence-electron chi connectivity index (χ0n) is 10.6. The van der Waals surface area contributed by atoms with Crippen molar-refractivity contribution in [3.8, 4) is 0 Å². The molecule has 6 heteroatoms. The van der Waals surface area contributed by atoms with Gasteiger partial charge in [-0.05, 0) is 6.42 Å². The minimum Gasteiger partial charge on any atom is -0.391 e. The zero-order chi connectivity index (χ0) is 13.0. The molecule has 0 amide bonds. The van der Waals surface area contributed by atoms with E-state index in [-0.39, 0.29) is 6.61 Å². The fourth-order valence-electron chi connectivity index (χ4n) is 1.71. The lowest BCUT2D eigenvalue weighted by atomic mass is 10.2. The van der Waals surface area contributed by atoms with E-state index in [2.05, 4.69) is 21.8 Å². The minimum atomic E-state index is 0.0809. The van der Waals surface area contributed by atoms with Crippen LogP contribution in [0.25, 0.3) is 0 Å². The van der Waals surface area contributed by atoms with Crippen LogP contribution in [0.3, 0.4) is 0 Å². The van der Waals surface area contributed by atoms with E-state index >= 15 is 0 Å². The molecule has 1 N–H and O–H groups in total. The number of nitrogens with zero attached hydrogens (tertiary/aromatic N) is 3. The van der Waals surface area contributed by atoms with Gasteiger partial charge in [0.25, 0.3) is 0 Å². The Labute approximate surface area is 115 Å². The molecular weight excluding hydrogens is 266 g/mol. The van der Waals surface area contributed by atoms with Crippen LogP contribution in [-0.4, -0.2) is 22.1 Å². The smallest absolute Gasteiger partial charge is 0.185 e. The Bertz CT molecular complexity index is 481. The first-order valence-electron chi connectivity index (χ1n) is 5.92. The molecule has 0 aliphatic heterocycles. The number of aliphatic hydroxyl groups excluding tert-OH is 1. The van der Waals surface area contributed by atoms with Crippen LogP contribution in [0.1, 0.15) is 29.6 Å². The highest BCUT2D eigenvalue weighted by Crippen LogP contribution is 2.27. The Hall–Kier alpha value is -0.980. The van der Waals surface area contributed by atoms with Crippen LogP contribution in [0.5, 0.6) is 0 Å². The number of rotatable bonds is 6. The summed E-state index contributed by atoms with van der Waals surface area (Å²) in [4.78, 5) is 11.9. The van der Waals surface area contributed by atoms with Gasteiger partial charge in [0, 0.05) is 12.4 Å². The monoisotopic (exact) mass is 283 g/mol. The molecule has 0 saturated carbocycles. The molecule has 0 atom stereocenters. The predicted molar refractivity (Wildman–Crippen MR) is 76.3 cm³/mol. The molecule has 18 heavy (non-hydrogen) atoms. The summed E-state index contributed by atoms with van der Waals surface area (Å²) in [5.74, 6) is 0. The third-order valence-electron chi connectivity index (χ3n) is 2.61. The Morgan fingerprint density at radius 1 is 1.44 bits per heavy atom. The van der Waals surface area contributed by atoms with E-state index < -0.39 is 0 Å². The first-order chi connectivity index (χ1) is 8.74. The molecule has 2 aromatic heterocycles. The number of aliphatic hydroxyl groups is 1. The molecule has 2 heterocycles. The lowest BCUT2D eigenvalue weighted by Crippen LogP contribution is -2.16. The van der Waals surface area contributed by atoms with Gasteiger partial charge >= 0.3 is 0 Å². The van der Waals surface area contributed by atoms with Crippen LogP contribution in [-0.2, 0) is 19.6 Å². The largest absolute Gasteiger partial charge is 0.391 e. The maximum absolute atomic E-state index is 9.34. The predicted octanol–water partition coefficient (Wildman–Crippen LogP) is 2.68. The summed E-state index contributed by atoms with van der Waals surface area (Å²) >= 11 is 3.17. The Morgan fingerprint density at radius 2 is 2.28 bits per heavy atom. The van der Waals surface area contributed by atoms with Gasteiger partial charge in [-0.15, -0.1) is 11.3 Å². The molecule has 0 saturated heterocycles. The number of aromatic nitrogens is 2. The molecule has 2 rings (SSSR count). The third kappa shape index (κ3) is 3.07. The molecule has 2 aromatic rings. The molecule has 0 aliphatic rings. The Morgan fingerprint density at radius 3 is 2.89 bits per heavy atom. The standard InChI is InChI=1S/C12H17N3OS2/c1-3-4-10-11(6-16)18-12(14-10)15(2)5-9-7-17-8-13-9/h7-8,16H,3-6H2,1-2H3. The van der Waals surface area contributed by atoms with Gasteiger partial charge in [0.2, 0.25) is 0 Å². The van der Waals surface area contributed by atoms with Crippen LogP contribution in [0.2, 0.25) is 0 Å². The molecule has 0 radical (unpaired) electrons. The summed E-state index contributed by atoms with van der Waals surface area (Å²) in [6.07, 6.45) is 1.98. The average molecular weight is 283 g/mol. The maximum Gasteiger partial charge on any atom is 0.185 e. The highest BCUT2D eigenvalue weighted by Gasteiger charge is 2.13. The molecule has 4 nitrogen and oxygen atoms in total. The van der Waals surface area contributed by atoms with Gasteiger partial charge in [0.15, 0.2) is 5.13 Å². The summed E-state index contributed by atoms with van der Waals surface area (Å²) in [6.45, 7) is 2.96. The van der Waals surface area contributed by atoms with Crippen LogP contribution in [0, 0.1) is 0 Å². The van der Waals surface area contributed by atoms with E-state index in [0.29, 0.717) is 0 Å². The zero-order valence-corrected chi connectivity index (χ0v) is 12.2. The highest BCUT2D eigenvalue weighted by molar-refractivity contribution is 7.15. The average Bonchev–Trinajstić information content (AvgIpc) is 2.98. The lowest BCUT2D eigenvalue weighted by molar-refractivity contribution is 0.284.